The van der Waals surface area contributed by atoms with Crippen LogP contribution in [0.5, 0.6) is 0 Å². The van der Waals surface area contributed by atoms with Gasteiger partial charge in [-0.15, -0.1) is 11.3 Å². The molecule has 2 aromatic heterocycles. The molecule has 0 radical (unpaired) electrons. The number of anilines is 1. The molecule has 0 amide bonds. The summed E-state index contributed by atoms with van der Waals surface area (Å²) in [4.78, 5) is 10.8. The SMILES string of the molecule is Cc1cc(-c2ccnc(NC3CC(C)(C)NC(C)(C)C3)n2)sc1C#N. The maximum Gasteiger partial charge on any atom is 0.223 e. The molecule has 1 aliphatic heterocycles. The van der Waals surface area contributed by atoms with Gasteiger partial charge < -0.3 is 10.6 Å². The summed E-state index contributed by atoms with van der Waals surface area (Å²) in [5.41, 5.74) is 2.00. The zero-order chi connectivity index (χ0) is 18.2. The normalized spacial score (nSPS) is 19.4. The number of thiophene rings is 1. The van der Waals surface area contributed by atoms with E-state index < -0.39 is 0 Å². The minimum absolute atomic E-state index is 0.0730. The molecule has 1 saturated heterocycles. The fourth-order valence-electron chi connectivity index (χ4n) is 3.89. The van der Waals surface area contributed by atoms with E-state index in [-0.39, 0.29) is 11.1 Å². The number of nitrogens with zero attached hydrogens (tertiary/aromatic N) is 3. The van der Waals surface area contributed by atoms with Gasteiger partial charge in [-0.2, -0.15) is 5.26 Å². The van der Waals surface area contributed by atoms with E-state index in [1.165, 1.54) is 11.3 Å². The van der Waals surface area contributed by atoms with Crippen molar-refractivity contribution in [3.63, 3.8) is 0 Å². The summed E-state index contributed by atoms with van der Waals surface area (Å²) in [7, 11) is 0. The molecule has 6 heteroatoms. The van der Waals surface area contributed by atoms with Crippen molar-refractivity contribution in [1.82, 2.24) is 15.3 Å². The summed E-state index contributed by atoms with van der Waals surface area (Å²) in [6.45, 7) is 10.9. The van der Waals surface area contributed by atoms with E-state index in [9.17, 15) is 0 Å². The smallest absolute Gasteiger partial charge is 0.223 e. The van der Waals surface area contributed by atoms with Crippen LogP contribution in [0, 0.1) is 18.3 Å². The second-order valence-electron chi connectivity index (χ2n) is 8.14. The van der Waals surface area contributed by atoms with Gasteiger partial charge in [0, 0.05) is 23.3 Å². The van der Waals surface area contributed by atoms with Crippen molar-refractivity contribution in [1.29, 1.82) is 5.26 Å². The van der Waals surface area contributed by atoms with Crippen molar-refractivity contribution in [2.75, 3.05) is 5.32 Å². The molecule has 0 unspecified atom stereocenters. The van der Waals surface area contributed by atoms with Gasteiger partial charge in [0.25, 0.3) is 0 Å². The summed E-state index contributed by atoms with van der Waals surface area (Å²) in [5.74, 6) is 0.653. The zero-order valence-corrected chi connectivity index (χ0v) is 16.3. The molecule has 0 spiro atoms. The Kier molecular flexibility index (Phi) is 4.56. The average molecular weight is 356 g/mol. The largest absolute Gasteiger partial charge is 0.351 e. The molecule has 2 aromatic rings. The van der Waals surface area contributed by atoms with Crippen molar-refractivity contribution in [3.05, 3.63) is 28.8 Å². The first-order valence-corrected chi connectivity index (χ1v) is 9.39. The highest BCUT2D eigenvalue weighted by Gasteiger charge is 2.37. The maximum absolute atomic E-state index is 9.16. The Labute approximate surface area is 153 Å². The van der Waals surface area contributed by atoms with Crippen molar-refractivity contribution in [2.24, 2.45) is 0 Å². The number of piperidine rings is 1. The van der Waals surface area contributed by atoms with Crippen LogP contribution in [0.3, 0.4) is 0 Å². The molecule has 2 N–H and O–H groups in total. The highest BCUT2D eigenvalue weighted by molar-refractivity contribution is 7.16. The third kappa shape index (κ3) is 4.17. The predicted molar refractivity (Wildman–Crippen MR) is 103 cm³/mol. The summed E-state index contributed by atoms with van der Waals surface area (Å²) in [6, 6.07) is 6.47. The van der Waals surface area contributed by atoms with E-state index in [1.807, 2.05) is 19.1 Å². The first-order valence-electron chi connectivity index (χ1n) is 8.57. The summed E-state index contributed by atoms with van der Waals surface area (Å²) in [6.07, 6.45) is 3.81. The molecule has 1 fully saturated rings. The number of nitriles is 1. The molecule has 3 rings (SSSR count). The van der Waals surface area contributed by atoms with Crippen molar-refractivity contribution >= 4 is 17.3 Å². The molecule has 132 valence electrons. The summed E-state index contributed by atoms with van der Waals surface area (Å²) in [5, 5.41) is 16.4. The molecule has 1 aliphatic rings. The van der Waals surface area contributed by atoms with Crippen molar-refractivity contribution in [2.45, 2.75) is 64.6 Å². The highest BCUT2D eigenvalue weighted by atomic mass is 32.1. The average Bonchev–Trinajstić information content (AvgIpc) is 2.85. The number of rotatable bonds is 3. The molecular weight excluding hydrogens is 330 g/mol. The molecule has 5 nitrogen and oxygen atoms in total. The Morgan fingerprint density at radius 1 is 1.28 bits per heavy atom. The van der Waals surface area contributed by atoms with Crippen molar-refractivity contribution < 1.29 is 0 Å². The van der Waals surface area contributed by atoms with Crippen LogP contribution in [0.4, 0.5) is 5.95 Å². The summed E-state index contributed by atoms with van der Waals surface area (Å²) < 4.78 is 0. The minimum Gasteiger partial charge on any atom is -0.351 e. The van der Waals surface area contributed by atoms with Crippen LogP contribution in [-0.2, 0) is 0 Å². The van der Waals surface area contributed by atoms with Crippen LogP contribution in [0.15, 0.2) is 18.3 Å². The zero-order valence-electron chi connectivity index (χ0n) is 15.5. The van der Waals surface area contributed by atoms with Crippen LogP contribution in [0.25, 0.3) is 10.6 Å². The predicted octanol–water partition coefficient (Wildman–Crippen LogP) is 4.11. The van der Waals surface area contributed by atoms with Crippen LogP contribution >= 0.6 is 11.3 Å². The van der Waals surface area contributed by atoms with Gasteiger partial charge in [0.05, 0.1) is 10.6 Å². The molecule has 0 aromatic carbocycles. The number of aryl methyl sites for hydroxylation is 1. The van der Waals surface area contributed by atoms with E-state index in [2.05, 4.69) is 54.4 Å². The van der Waals surface area contributed by atoms with E-state index in [0.717, 1.165) is 33.9 Å². The Balaban J connectivity index is 1.81. The first-order chi connectivity index (χ1) is 11.7. The minimum atomic E-state index is 0.0730. The van der Waals surface area contributed by atoms with E-state index in [4.69, 9.17) is 5.26 Å². The van der Waals surface area contributed by atoms with Gasteiger partial charge in [0.1, 0.15) is 10.9 Å². The van der Waals surface area contributed by atoms with Gasteiger partial charge in [0.2, 0.25) is 5.95 Å². The Morgan fingerprint density at radius 3 is 2.56 bits per heavy atom. The van der Waals surface area contributed by atoms with E-state index >= 15 is 0 Å². The fraction of sp³-hybridized carbons (Fsp3) is 0.526. The lowest BCUT2D eigenvalue weighted by atomic mass is 9.80. The van der Waals surface area contributed by atoms with Gasteiger partial charge >= 0.3 is 0 Å². The first kappa shape index (κ1) is 17.8. The van der Waals surface area contributed by atoms with E-state index in [0.29, 0.717) is 12.0 Å². The molecule has 0 atom stereocenters. The number of aromatic nitrogens is 2. The number of hydrogen-bond acceptors (Lipinski definition) is 6. The monoisotopic (exact) mass is 355 g/mol. The number of hydrogen-bond donors (Lipinski definition) is 2. The van der Waals surface area contributed by atoms with Crippen molar-refractivity contribution in [3.8, 4) is 16.6 Å². The summed E-state index contributed by atoms with van der Waals surface area (Å²) >= 11 is 1.48. The van der Waals surface area contributed by atoms with Gasteiger partial charge in [-0.05, 0) is 65.2 Å². The van der Waals surface area contributed by atoms with Crippen LogP contribution in [0.2, 0.25) is 0 Å². The van der Waals surface area contributed by atoms with Gasteiger partial charge in [-0.3, -0.25) is 0 Å². The van der Waals surface area contributed by atoms with Crippen LogP contribution in [0.1, 0.15) is 51.0 Å². The Hall–Kier alpha value is -1.97. The Morgan fingerprint density at radius 2 is 1.96 bits per heavy atom. The standard InChI is InChI=1S/C19H25N5S/c1-12-8-15(25-16(12)11-20)14-6-7-21-17(23-14)22-13-9-18(2,3)24-19(4,5)10-13/h6-8,13,24H,9-10H2,1-5H3,(H,21,22,23). The second-order valence-corrected chi connectivity index (χ2v) is 9.19. The third-order valence-corrected chi connectivity index (χ3v) is 5.62. The molecule has 0 saturated carbocycles. The quantitative estimate of drug-likeness (QED) is 0.867. The second kappa shape index (κ2) is 6.40. The van der Waals surface area contributed by atoms with E-state index in [1.54, 1.807) is 6.20 Å². The lowest BCUT2D eigenvalue weighted by Gasteiger charge is -2.46. The molecular formula is C19H25N5S. The van der Waals surface area contributed by atoms with Gasteiger partial charge in [-0.1, -0.05) is 0 Å². The lowest BCUT2D eigenvalue weighted by Crippen LogP contribution is -2.60. The highest BCUT2D eigenvalue weighted by Crippen LogP contribution is 2.32. The third-order valence-electron chi connectivity index (χ3n) is 4.45. The van der Waals surface area contributed by atoms with Gasteiger partial charge in [-0.25, -0.2) is 9.97 Å². The molecule has 0 bridgehead atoms. The maximum atomic E-state index is 9.16. The fourth-order valence-corrected chi connectivity index (χ4v) is 4.83. The molecule has 0 aliphatic carbocycles. The lowest BCUT2D eigenvalue weighted by molar-refractivity contribution is 0.170. The number of nitrogens with one attached hydrogen (secondary N) is 2. The molecule has 25 heavy (non-hydrogen) atoms. The molecule has 3 heterocycles. The van der Waals surface area contributed by atoms with Crippen LogP contribution < -0.4 is 10.6 Å². The van der Waals surface area contributed by atoms with Crippen LogP contribution in [-0.4, -0.2) is 27.1 Å². The van der Waals surface area contributed by atoms with Gasteiger partial charge in [0.15, 0.2) is 0 Å². The Bertz CT molecular complexity index is 799. The topological polar surface area (TPSA) is 73.6 Å².